The molecule has 2 rings (SSSR count). The van der Waals surface area contributed by atoms with Crippen LogP contribution in [-0.2, 0) is 6.42 Å². The fraction of sp³-hybridized carbons (Fsp3) is 0.250. The highest BCUT2D eigenvalue weighted by Gasteiger charge is 2.07. The molecule has 4 nitrogen and oxygen atoms in total. The van der Waals surface area contributed by atoms with Crippen molar-refractivity contribution < 1.29 is 4.42 Å². The van der Waals surface area contributed by atoms with Crippen LogP contribution in [0.1, 0.15) is 5.89 Å². The second kappa shape index (κ2) is 3.68. The summed E-state index contributed by atoms with van der Waals surface area (Å²) in [6.45, 7) is 0.534. The standard InChI is InChI=1S/C8H9N3OS/c9-4-3-7-10-11-8(12-7)6-2-1-5-13-6/h1-2,5H,3-4,9H2. The van der Waals surface area contributed by atoms with Gasteiger partial charge >= 0.3 is 0 Å². The highest BCUT2D eigenvalue weighted by Crippen LogP contribution is 2.22. The fourth-order valence-electron chi connectivity index (χ4n) is 0.978. The largest absolute Gasteiger partial charge is 0.420 e. The maximum Gasteiger partial charge on any atom is 0.257 e. The Balaban J connectivity index is 2.23. The number of thiophene rings is 1. The molecule has 68 valence electrons. The first kappa shape index (κ1) is 8.40. The maximum atomic E-state index is 5.38. The molecule has 0 atom stereocenters. The van der Waals surface area contributed by atoms with E-state index in [1.165, 1.54) is 0 Å². The summed E-state index contributed by atoms with van der Waals surface area (Å²) in [7, 11) is 0. The van der Waals surface area contributed by atoms with Crippen LogP contribution in [0.2, 0.25) is 0 Å². The Bertz CT molecular complexity index is 368. The van der Waals surface area contributed by atoms with E-state index in [9.17, 15) is 0 Å². The third-order valence-corrected chi connectivity index (χ3v) is 2.41. The van der Waals surface area contributed by atoms with Crippen LogP contribution in [-0.4, -0.2) is 16.7 Å². The first-order valence-electron chi connectivity index (χ1n) is 3.96. The smallest absolute Gasteiger partial charge is 0.257 e. The molecule has 2 N–H and O–H groups in total. The minimum Gasteiger partial charge on any atom is -0.420 e. The van der Waals surface area contributed by atoms with E-state index in [4.69, 9.17) is 10.2 Å². The van der Waals surface area contributed by atoms with Crippen molar-refractivity contribution in [2.75, 3.05) is 6.54 Å². The van der Waals surface area contributed by atoms with E-state index in [2.05, 4.69) is 10.2 Å². The number of nitrogens with zero attached hydrogens (tertiary/aromatic N) is 2. The molecule has 0 fully saturated rings. The Morgan fingerprint density at radius 2 is 2.38 bits per heavy atom. The fourth-order valence-corrected chi connectivity index (χ4v) is 1.62. The van der Waals surface area contributed by atoms with E-state index in [-0.39, 0.29) is 0 Å². The highest BCUT2D eigenvalue weighted by molar-refractivity contribution is 7.13. The van der Waals surface area contributed by atoms with E-state index in [0.717, 1.165) is 4.88 Å². The monoisotopic (exact) mass is 195 g/mol. The Kier molecular flexibility index (Phi) is 2.37. The maximum absolute atomic E-state index is 5.38. The lowest BCUT2D eigenvalue weighted by atomic mass is 10.4. The van der Waals surface area contributed by atoms with Crippen molar-refractivity contribution >= 4 is 11.3 Å². The molecule has 0 aliphatic heterocycles. The minimum atomic E-state index is 0.534. The number of hydrogen-bond acceptors (Lipinski definition) is 5. The van der Waals surface area contributed by atoms with Crippen molar-refractivity contribution in [3.05, 3.63) is 23.4 Å². The third-order valence-electron chi connectivity index (χ3n) is 1.56. The van der Waals surface area contributed by atoms with Crippen molar-refractivity contribution in [1.82, 2.24) is 10.2 Å². The predicted molar refractivity (Wildman–Crippen MR) is 50.4 cm³/mol. The molecule has 0 saturated heterocycles. The average Bonchev–Trinajstić information content (AvgIpc) is 2.70. The van der Waals surface area contributed by atoms with Gasteiger partial charge in [-0.2, -0.15) is 0 Å². The molecule has 0 bridgehead atoms. The number of nitrogens with two attached hydrogens (primary N) is 1. The van der Waals surface area contributed by atoms with Gasteiger partial charge in [0.25, 0.3) is 5.89 Å². The summed E-state index contributed by atoms with van der Waals surface area (Å²) in [4.78, 5) is 0.996. The second-order valence-electron chi connectivity index (χ2n) is 2.52. The van der Waals surface area contributed by atoms with Crippen LogP contribution in [0.15, 0.2) is 21.9 Å². The predicted octanol–water partition coefficient (Wildman–Crippen LogP) is 1.30. The Hall–Kier alpha value is -1.20. The molecular weight excluding hydrogens is 186 g/mol. The van der Waals surface area contributed by atoms with Gasteiger partial charge in [0.15, 0.2) is 0 Å². The van der Waals surface area contributed by atoms with Gasteiger partial charge in [-0.3, -0.25) is 0 Å². The zero-order chi connectivity index (χ0) is 9.10. The normalized spacial score (nSPS) is 10.5. The van der Waals surface area contributed by atoms with Crippen LogP contribution in [0.4, 0.5) is 0 Å². The van der Waals surface area contributed by atoms with Gasteiger partial charge in [0.1, 0.15) is 0 Å². The lowest BCUT2D eigenvalue weighted by Crippen LogP contribution is -2.02. The zero-order valence-corrected chi connectivity index (χ0v) is 7.75. The number of hydrogen-bond donors (Lipinski definition) is 1. The van der Waals surface area contributed by atoms with Crippen molar-refractivity contribution in [2.24, 2.45) is 5.73 Å². The molecule has 2 aromatic rings. The van der Waals surface area contributed by atoms with Gasteiger partial charge in [-0.1, -0.05) is 6.07 Å². The van der Waals surface area contributed by atoms with E-state index in [1.807, 2.05) is 17.5 Å². The van der Waals surface area contributed by atoms with Crippen molar-refractivity contribution in [1.29, 1.82) is 0 Å². The third kappa shape index (κ3) is 1.76. The molecule has 2 aromatic heterocycles. The van der Waals surface area contributed by atoms with Gasteiger partial charge in [0.05, 0.1) is 4.88 Å². The van der Waals surface area contributed by atoms with Gasteiger partial charge in [0.2, 0.25) is 5.89 Å². The summed E-state index contributed by atoms with van der Waals surface area (Å²) in [6, 6.07) is 3.90. The minimum absolute atomic E-state index is 0.534. The summed E-state index contributed by atoms with van der Waals surface area (Å²) in [5.41, 5.74) is 5.36. The Labute approximate surface area is 79.4 Å². The molecule has 0 spiro atoms. The van der Waals surface area contributed by atoms with E-state index >= 15 is 0 Å². The number of aromatic nitrogens is 2. The summed E-state index contributed by atoms with van der Waals surface area (Å²) in [5.74, 6) is 1.18. The van der Waals surface area contributed by atoms with E-state index in [0.29, 0.717) is 24.7 Å². The summed E-state index contributed by atoms with van der Waals surface area (Å²) in [5, 5.41) is 9.76. The molecule has 2 heterocycles. The quantitative estimate of drug-likeness (QED) is 0.801. The molecule has 0 radical (unpaired) electrons. The van der Waals surface area contributed by atoms with E-state index in [1.54, 1.807) is 11.3 Å². The van der Waals surface area contributed by atoms with E-state index < -0.39 is 0 Å². The summed E-state index contributed by atoms with van der Waals surface area (Å²) in [6.07, 6.45) is 0.637. The van der Waals surface area contributed by atoms with Gasteiger partial charge in [-0.15, -0.1) is 21.5 Å². The Morgan fingerprint density at radius 1 is 1.46 bits per heavy atom. The zero-order valence-electron chi connectivity index (χ0n) is 6.93. The van der Waals surface area contributed by atoms with Crippen LogP contribution >= 0.6 is 11.3 Å². The molecular formula is C8H9N3OS. The van der Waals surface area contributed by atoms with Crippen LogP contribution in [0.3, 0.4) is 0 Å². The first-order valence-corrected chi connectivity index (χ1v) is 4.84. The summed E-state index contributed by atoms with van der Waals surface area (Å²) >= 11 is 1.58. The van der Waals surface area contributed by atoms with Crippen molar-refractivity contribution in [3.63, 3.8) is 0 Å². The molecule has 0 aliphatic carbocycles. The lowest BCUT2D eigenvalue weighted by Gasteiger charge is -1.87. The SMILES string of the molecule is NCCc1nnc(-c2cccs2)o1. The van der Waals surface area contributed by atoms with Crippen LogP contribution in [0.25, 0.3) is 10.8 Å². The average molecular weight is 195 g/mol. The van der Waals surface area contributed by atoms with Gasteiger partial charge < -0.3 is 10.2 Å². The molecule has 0 aliphatic rings. The molecule has 13 heavy (non-hydrogen) atoms. The lowest BCUT2D eigenvalue weighted by molar-refractivity contribution is 0.508. The van der Waals surface area contributed by atoms with Gasteiger partial charge in [-0.05, 0) is 11.4 Å². The van der Waals surface area contributed by atoms with Crippen molar-refractivity contribution in [3.8, 4) is 10.8 Å². The van der Waals surface area contributed by atoms with Gasteiger partial charge in [-0.25, -0.2) is 0 Å². The second-order valence-corrected chi connectivity index (χ2v) is 3.46. The molecule has 0 amide bonds. The first-order chi connectivity index (χ1) is 6.40. The van der Waals surface area contributed by atoms with Crippen LogP contribution < -0.4 is 5.73 Å². The molecule has 0 aromatic carbocycles. The number of rotatable bonds is 3. The van der Waals surface area contributed by atoms with Gasteiger partial charge in [0, 0.05) is 13.0 Å². The van der Waals surface area contributed by atoms with Crippen molar-refractivity contribution in [2.45, 2.75) is 6.42 Å². The molecule has 5 heteroatoms. The summed E-state index contributed by atoms with van der Waals surface area (Å²) < 4.78 is 5.38. The Morgan fingerprint density at radius 3 is 3.08 bits per heavy atom. The molecule has 0 unspecified atom stereocenters. The topological polar surface area (TPSA) is 64.9 Å². The molecule has 0 saturated carbocycles. The van der Waals surface area contributed by atoms with Crippen LogP contribution in [0, 0.1) is 0 Å². The highest BCUT2D eigenvalue weighted by atomic mass is 32.1. The van der Waals surface area contributed by atoms with Crippen LogP contribution in [0.5, 0.6) is 0 Å².